The minimum Gasteiger partial charge on any atom is -0.495 e. The molecule has 2 rings (SSSR count). The average Bonchev–Trinajstić information content (AvgIpc) is 3.14. The molecular formula is C13H16N2O. The minimum absolute atomic E-state index is 0.461. The van der Waals surface area contributed by atoms with Gasteiger partial charge >= 0.3 is 0 Å². The van der Waals surface area contributed by atoms with E-state index in [1.807, 2.05) is 31.2 Å². The summed E-state index contributed by atoms with van der Waals surface area (Å²) in [6, 6.07) is 10.1. The summed E-state index contributed by atoms with van der Waals surface area (Å²) in [4.78, 5) is 0. The topological polar surface area (TPSA) is 45.0 Å². The van der Waals surface area contributed by atoms with E-state index >= 15 is 0 Å². The lowest BCUT2D eigenvalue weighted by molar-refractivity contribution is 0.414. The van der Waals surface area contributed by atoms with Crippen LogP contribution in [0.1, 0.15) is 19.8 Å². The van der Waals surface area contributed by atoms with Crippen LogP contribution in [0.15, 0.2) is 24.3 Å². The molecule has 3 heteroatoms. The van der Waals surface area contributed by atoms with E-state index < -0.39 is 5.54 Å². The van der Waals surface area contributed by atoms with Gasteiger partial charge in [0.25, 0.3) is 0 Å². The Bertz CT molecular complexity index is 420. The average molecular weight is 216 g/mol. The largest absolute Gasteiger partial charge is 0.495 e. The Morgan fingerprint density at radius 1 is 1.44 bits per heavy atom. The lowest BCUT2D eigenvalue weighted by Gasteiger charge is -2.25. The van der Waals surface area contributed by atoms with Crippen molar-refractivity contribution in [2.45, 2.75) is 25.3 Å². The fourth-order valence-corrected chi connectivity index (χ4v) is 1.91. The zero-order valence-corrected chi connectivity index (χ0v) is 9.66. The molecular weight excluding hydrogens is 200 g/mol. The Morgan fingerprint density at radius 3 is 2.69 bits per heavy atom. The van der Waals surface area contributed by atoms with Gasteiger partial charge in [0.15, 0.2) is 0 Å². The van der Waals surface area contributed by atoms with E-state index in [2.05, 4.69) is 11.4 Å². The Hall–Kier alpha value is -1.69. The van der Waals surface area contributed by atoms with Crippen LogP contribution < -0.4 is 10.1 Å². The number of ether oxygens (including phenoxy) is 1. The lowest BCUT2D eigenvalue weighted by Crippen LogP contribution is -2.35. The van der Waals surface area contributed by atoms with Gasteiger partial charge in [-0.3, -0.25) is 0 Å². The highest BCUT2D eigenvalue weighted by Crippen LogP contribution is 2.42. The Kier molecular flexibility index (Phi) is 2.74. The van der Waals surface area contributed by atoms with Crippen molar-refractivity contribution >= 4 is 5.69 Å². The highest BCUT2D eigenvalue weighted by Gasteiger charge is 2.42. The number of rotatable bonds is 4. The summed E-state index contributed by atoms with van der Waals surface area (Å²) >= 11 is 0. The first-order valence-corrected chi connectivity index (χ1v) is 5.52. The van der Waals surface area contributed by atoms with Gasteiger partial charge in [0.05, 0.1) is 18.9 Å². The monoisotopic (exact) mass is 216 g/mol. The van der Waals surface area contributed by atoms with Crippen LogP contribution in [-0.2, 0) is 0 Å². The van der Waals surface area contributed by atoms with E-state index in [0.29, 0.717) is 5.92 Å². The lowest BCUT2D eigenvalue weighted by atomic mass is 9.97. The van der Waals surface area contributed by atoms with Gasteiger partial charge in [-0.05, 0) is 37.8 Å². The van der Waals surface area contributed by atoms with Gasteiger partial charge in [0.1, 0.15) is 11.3 Å². The van der Waals surface area contributed by atoms with Crippen molar-refractivity contribution in [2.24, 2.45) is 5.92 Å². The fourth-order valence-electron chi connectivity index (χ4n) is 1.91. The smallest absolute Gasteiger partial charge is 0.141 e. The van der Waals surface area contributed by atoms with E-state index in [1.54, 1.807) is 7.11 Å². The van der Waals surface area contributed by atoms with Gasteiger partial charge < -0.3 is 10.1 Å². The molecule has 0 aromatic heterocycles. The highest BCUT2D eigenvalue weighted by atomic mass is 16.5. The number of anilines is 1. The summed E-state index contributed by atoms with van der Waals surface area (Å²) in [5.41, 5.74) is 0.412. The molecule has 1 saturated carbocycles. The molecule has 1 fully saturated rings. The molecule has 0 saturated heterocycles. The third-order valence-corrected chi connectivity index (χ3v) is 3.13. The molecule has 84 valence electrons. The molecule has 1 atom stereocenters. The molecule has 3 nitrogen and oxygen atoms in total. The molecule has 1 aliphatic carbocycles. The second-order valence-corrected chi connectivity index (χ2v) is 4.41. The van der Waals surface area contributed by atoms with Crippen LogP contribution in [0.2, 0.25) is 0 Å². The van der Waals surface area contributed by atoms with Crippen molar-refractivity contribution in [3.8, 4) is 11.8 Å². The molecule has 1 aliphatic rings. The molecule has 1 aromatic carbocycles. The number of nitriles is 1. The second kappa shape index (κ2) is 4.05. The Labute approximate surface area is 96.0 Å². The molecule has 0 bridgehead atoms. The molecule has 1 N–H and O–H groups in total. The zero-order chi connectivity index (χ0) is 11.6. The maximum Gasteiger partial charge on any atom is 0.141 e. The van der Waals surface area contributed by atoms with Crippen LogP contribution >= 0.6 is 0 Å². The molecule has 1 unspecified atom stereocenters. The predicted molar refractivity (Wildman–Crippen MR) is 63.4 cm³/mol. The van der Waals surface area contributed by atoms with Gasteiger partial charge in [-0.2, -0.15) is 5.26 Å². The van der Waals surface area contributed by atoms with Crippen LogP contribution in [-0.4, -0.2) is 12.6 Å². The van der Waals surface area contributed by atoms with Crippen molar-refractivity contribution in [3.63, 3.8) is 0 Å². The predicted octanol–water partition coefficient (Wildman–Crippen LogP) is 2.80. The van der Waals surface area contributed by atoms with E-state index in [1.165, 1.54) is 0 Å². The fraction of sp³-hybridized carbons (Fsp3) is 0.462. The van der Waals surface area contributed by atoms with Crippen molar-refractivity contribution in [3.05, 3.63) is 24.3 Å². The first-order chi connectivity index (χ1) is 7.69. The maximum atomic E-state index is 9.27. The van der Waals surface area contributed by atoms with E-state index in [0.717, 1.165) is 24.3 Å². The van der Waals surface area contributed by atoms with E-state index in [-0.39, 0.29) is 0 Å². The molecule has 0 radical (unpaired) electrons. The molecule has 0 amide bonds. The number of nitrogens with zero attached hydrogens (tertiary/aromatic N) is 1. The summed E-state index contributed by atoms with van der Waals surface area (Å²) in [5.74, 6) is 1.24. The SMILES string of the molecule is COc1ccccc1NC(C)(C#N)C1CC1. The quantitative estimate of drug-likeness (QED) is 0.841. The van der Waals surface area contributed by atoms with Crippen LogP contribution in [0, 0.1) is 17.2 Å². The molecule has 0 aliphatic heterocycles. The molecule has 0 spiro atoms. The number of benzene rings is 1. The highest BCUT2D eigenvalue weighted by molar-refractivity contribution is 5.59. The van der Waals surface area contributed by atoms with Crippen molar-refractivity contribution in [2.75, 3.05) is 12.4 Å². The van der Waals surface area contributed by atoms with E-state index in [4.69, 9.17) is 4.74 Å². The van der Waals surface area contributed by atoms with Gasteiger partial charge in [-0.1, -0.05) is 12.1 Å². The normalized spacial score (nSPS) is 18.3. The summed E-state index contributed by atoms with van der Waals surface area (Å²) in [5, 5.41) is 12.6. The standard InChI is InChI=1S/C13H16N2O/c1-13(9-14,10-7-8-10)15-11-5-3-4-6-12(11)16-2/h3-6,10,15H,7-8H2,1-2H3. The third kappa shape index (κ3) is 1.96. The van der Waals surface area contributed by atoms with Crippen molar-refractivity contribution in [1.82, 2.24) is 0 Å². The molecule has 1 aromatic rings. The van der Waals surface area contributed by atoms with Gasteiger partial charge in [-0.15, -0.1) is 0 Å². The third-order valence-electron chi connectivity index (χ3n) is 3.13. The summed E-state index contributed by atoms with van der Waals surface area (Å²) in [6.07, 6.45) is 2.26. The molecule has 0 heterocycles. The second-order valence-electron chi connectivity index (χ2n) is 4.41. The first kappa shape index (κ1) is 10.8. The van der Waals surface area contributed by atoms with Gasteiger partial charge in [0.2, 0.25) is 0 Å². The number of hydrogen-bond acceptors (Lipinski definition) is 3. The first-order valence-electron chi connectivity index (χ1n) is 5.52. The summed E-state index contributed by atoms with van der Waals surface area (Å²) < 4.78 is 5.26. The number of methoxy groups -OCH3 is 1. The van der Waals surface area contributed by atoms with Crippen LogP contribution in [0.5, 0.6) is 5.75 Å². The minimum atomic E-state index is -0.478. The van der Waals surface area contributed by atoms with Crippen LogP contribution in [0.3, 0.4) is 0 Å². The van der Waals surface area contributed by atoms with E-state index in [9.17, 15) is 5.26 Å². The number of nitrogens with one attached hydrogen (secondary N) is 1. The van der Waals surface area contributed by atoms with Crippen molar-refractivity contribution in [1.29, 1.82) is 5.26 Å². The maximum absolute atomic E-state index is 9.27. The van der Waals surface area contributed by atoms with Gasteiger partial charge in [0, 0.05) is 0 Å². The van der Waals surface area contributed by atoms with Crippen LogP contribution in [0.25, 0.3) is 0 Å². The molecule has 16 heavy (non-hydrogen) atoms. The summed E-state index contributed by atoms with van der Waals surface area (Å²) in [7, 11) is 1.64. The number of hydrogen-bond donors (Lipinski definition) is 1. The Balaban J connectivity index is 2.22. The Morgan fingerprint density at radius 2 is 2.12 bits per heavy atom. The summed E-state index contributed by atoms with van der Waals surface area (Å²) in [6.45, 7) is 1.96. The van der Waals surface area contributed by atoms with Gasteiger partial charge in [-0.25, -0.2) is 0 Å². The van der Waals surface area contributed by atoms with Crippen molar-refractivity contribution < 1.29 is 4.74 Å². The zero-order valence-electron chi connectivity index (χ0n) is 9.66. The number of para-hydroxylation sites is 2. The van der Waals surface area contributed by atoms with Crippen LogP contribution in [0.4, 0.5) is 5.69 Å².